The average Bonchev–Trinajstić information content (AvgIpc) is 3.15. The SMILES string of the molecule is CCN1CCN(c2c(C=C3SC(=S)N(C(C)c4ccccc4)C3=O)c(C)c(C#N)c(=O)n2C)CC1. The fourth-order valence-corrected chi connectivity index (χ4v) is 6.10. The van der Waals surface area contributed by atoms with Crippen LogP contribution in [0, 0.1) is 18.3 Å². The number of anilines is 1. The summed E-state index contributed by atoms with van der Waals surface area (Å²) in [7, 11) is 1.70. The van der Waals surface area contributed by atoms with E-state index in [1.165, 1.54) is 11.8 Å². The van der Waals surface area contributed by atoms with E-state index in [-0.39, 0.29) is 23.1 Å². The van der Waals surface area contributed by atoms with Gasteiger partial charge in [0.15, 0.2) is 0 Å². The van der Waals surface area contributed by atoms with Crippen LogP contribution in [0.15, 0.2) is 40.0 Å². The molecule has 1 aromatic carbocycles. The summed E-state index contributed by atoms with van der Waals surface area (Å²) in [4.78, 5) is 33.2. The number of amides is 1. The van der Waals surface area contributed by atoms with Crippen molar-refractivity contribution in [3.8, 4) is 6.07 Å². The van der Waals surface area contributed by atoms with Gasteiger partial charge >= 0.3 is 0 Å². The number of thioether (sulfide) groups is 1. The smallest absolute Gasteiger partial charge is 0.270 e. The van der Waals surface area contributed by atoms with Crippen molar-refractivity contribution in [3.05, 3.63) is 67.8 Å². The largest absolute Gasteiger partial charge is 0.355 e. The summed E-state index contributed by atoms with van der Waals surface area (Å²) in [6.07, 6.45) is 1.81. The van der Waals surface area contributed by atoms with Gasteiger partial charge in [-0.2, -0.15) is 5.26 Å². The van der Waals surface area contributed by atoms with E-state index in [4.69, 9.17) is 12.2 Å². The Hall–Kier alpha value is -2.93. The van der Waals surface area contributed by atoms with Crippen LogP contribution in [0.2, 0.25) is 0 Å². The minimum atomic E-state index is -0.319. The van der Waals surface area contributed by atoms with Crippen LogP contribution in [0.1, 0.15) is 42.1 Å². The maximum atomic E-state index is 13.5. The van der Waals surface area contributed by atoms with Gasteiger partial charge in [-0.05, 0) is 37.6 Å². The van der Waals surface area contributed by atoms with Crippen molar-refractivity contribution >= 4 is 46.1 Å². The van der Waals surface area contributed by atoms with Gasteiger partial charge < -0.3 is 9.80 Å². The Labute approximate surface area is 215 Å². The molecule has 1 unspecified atom stereocenters. The third kappa shape index (κ3) is 4.66. The summed E-state index contributed by atoms with van der Waals surface area (Å²) in [5, 5.41) is 9.71. The highest BCUT2D eigenvalue weighted by Crippen LogP contribution is 2.39. The minimum absolute atomic E-state index is 0.0998. The summed E-state index contributed by atoms with van der Waals surface area (Å²) in [5.41, 5.74) is 2.10. The Balaban J connectivity index is 1.78. The van der Waals surface area contributed by atoms with Crippen molar-refractivity contribution in [3.63, 3.8) is 0 Å². The highest BCUT2D eigenvalue weighted by atomic mass is 32.2. The number of pyridine rings is 1. The van der Waals surface area contributed by atoms with Gasteiger partial charge in [0.05, 0.1) is 10.9 Å². The molecule has 182 valence electrons. The van der Waals surface area contributed by atoms with Gasteiger partial charge in [0.2, 0.25) is 0 Å². The normalized spacial score (nSPS) is 18.9. The lowest BCUT2D eigenvalue weighted by molar-refractivity contribution is -0.123. The summed E-state index contributed by atoms with van der Waals surface area (Å²) in [6, 6.07) is 11.7. The molecular weight excluding hydrogens is 478 g/mol. The predicted molar refractivity (Wildman–Crippen MR) is 145 cm³/mol. The van der Waals surface area contributed by atoms with Crippen LogP contribution in [0.25, 0.3) is 6.08 Å². The zero-order valence-corrected chi connectivity index (χ0v) is 22.1. The number of rotatable bonds is 5. The van der Waals surface area contributed by atoms with E-state index in [9.17, 15) is 14.9 Å². The van der Waals surface area contributed by atoms with Gasteiger partial charge in [-0.25, -0.2) is 0 Å². The van der Waals surface area contributed by atoms with Gasteiger partial charge in [0, 0.05) is 38.8 Å². The molecule has 1 atom stereocenters. The van der Waals surface area contributed by atoms with E-state index in [2.05, 4.69) is 22.8 Å². The molecule has 4 rings (SSSR count). The quantitative estimate of drug-likeness (QED) is 0.452. The Bertz CT molecular complexity index is 1290. The van der Waals surface area contributed by atoms with E-state index < -0.39 is 0 Å². The molecule has 1 amide bonds. The third-order valence-corrected chi connectivity index (χ3v) is 8.19. The second-order valence-corrected chi connectivity index (χ2v) is 10.4. The van der Waals surface area contributed by atoms with Crippen molar-refractivity contribution in [1.82, 2.24) is 14.4 Å². The number of carbonyl (C=O) groups is 1. The molecule has 7 nitrogen and oxygen atoms in total. The minimum Gasteiger partial charge on any atom is -0.355 e. The first-order valence-electron chi connectivity index (χ1n) is 11.7. The van der Waals surface area contributed by atoms with E-state index >= 15 is 0 Å². The number of hydrogen-bond acceptors (Lipinski definition) is 7. The summed E-state index contributed by atoms with van der Waals surface area (Å²) < 4.78 is 2.05. The topological polar surface area (TPSA) is 72.6 Å². The molecule has 0 bridgehead atoms. The van der Waals surface area contributed by atoms with Crippen LogP contribution in [-0.4, -0.2) is 57.3 Å². The zero-order chi connectivity index (χ0) is 25.3. The molecule has 0 N–H and O–H groups in total. The first kappa shape index (κ1) is 25.2. The highest BCUT2D eigenvalue weighted by Gasteiger charge is 2.36. The Morgan fingerprint density at radius 1 is 1.17 bits per heavy atom. The maximum absolute atomic E-state index is 13.5. The van der Waals surface area contributed by atoms with E-state index in [1.54, 1.807) is 23.4 Å². The van der Waals surface area contributed by atoms with Crippen molar-refractivity contribution in [1.29, 1.82) is 5.26 Å². The van der Waals surface area contributed by atoms with E-state index in [1.807, 2.05) is 43.3 Å². The number of benzene rings is 1. The molecular formula is C26H29N5O2S2. The van der Waals surface area contributed by atoms with Gasteiger partial charge in [0.25, 0.3) is 11.5 Å². The summed E-state index contributed by atoms with van der Waals surface area (Å²) >= 11 is 6.87. The molecule has 2 aliphatic heterocycles. The molecule has 9 heteroatoms. The van der Waals surface area contributed by atoms with Gasteiger partial charge in [-0.15, -0.1) is 0 Å². The number of thiocarbonyl (C=S) groups is 1. The first-order valence-corrected chi connectivity index (χ1v) is 12.9. The molecule has 0 saturated carbocycles. The van der Waals surface area contributed by atoms with Crippen LogP contribution in [0.3, 0.4) is 0 Å². The molecule has 2 fully saturated rings. The standard InChI is InChI=1S/C26H29N5O2S2/c1-5-29-11-13-30(14-12-29)23-20(17(2)21(16-27)24(32)28(23)4)15-22-25(33)31(26(34)35-22)18(3)19-9-7-6-8-10-19/h6-10,15,18H,5,11-14H2,1-4H3. The van der Waals surface area contributed by atoms with Crippen LogP contribution in [-0.2, 0) is 11.8 Å². The molecule has 0 radical (unpaired) electrons. The van der Waals surface area contributed by atoms with Gasteiger partial charge in [0.1, 0.15) is 21.8 Å². The number of nitrogens with zero attached hydrogens (tertiary/aromatic N) is 5. The Morgan fingerprint density at radius 3 is 2.43 bits per heavy atom. The number of carbonyl (C=O) groups excluding carboxylic acids is 1. The Kier molecular flexibility index (Phi) is 7.45. The molecule has 35 heavy (non-hydrogen) atoms. The predicted octanol–water partition coefficient (Wildman–Crippen LogP) is 3.67. The molecule has 3 heterocycles. The van der Waals surface area contributed by atoms with E-state index in [0.717, 1.165) is 49.7 Å². The molecule has 2 saturated heterocycles. The molecule has 2 aliphatic rings. The van der Waals surface area contributed by atoms with Crippen LogP contribution >= 0.6 is 24.0 Å². The number of likely N-dealkylation sites (N-methyl/N-ethyl adjacent to an activating group) is 1. The van der Waals surface area contributed by atoms with Crippen molar-refractivity contribution in [2.75, 3.05) is 37.6 Å². The molecule has 1 aromatic heterocycles. The van der Waals surface area contributed by atoms with Crippen LogP contribution in [0.4, 0.5) is 5.82 Å². The van der Waals surface area contributed by atoms with Crippen molar-refractivity contribution in [2.45, 2.75) is 26.8 Å². The lowest BCUT2D eigenvalue weighted by Crippen LogP contribution is -2.48. The zero-order valence-electron chi connectivity index (χ0n) is 20.4. The Morgan fingerprint density at radius 2 is 1.83 bits per heavy atom. The molecule has 0 spiro atoms. The number of nitriles is 1. The fraction of sp³-hybridized carbons (Fsp3) is 0.385. The number of hydrogen-bond donors (Lipinski definition) is 0. The third-order valence-electron chi connectivity index (χ3n) is 6.86. The highest BCUT2D eigenvalue weighted by molar-refractivity contribution is 8.26. The maximum Gasteiger partial charge on any atom is 0.270 e. The summed E-state index contributed by atoms with van der Waals surface area (Å²) in [6.45, 7) is 10.2. The van der Waals surface area contributed by atoms with Gasteiger partial charge in [-0.1, -0.05) is 61.2 Å². The van der Waals surface area contributed by atoms with Crippen molar-refractivity contribution in [2.24, 2.45) is 7.05 Å². The van der Waals surface area contributed by atoms with Crippen LogP contribution < -0.4 is 10.5 Å². The summed E-state index contributed by atoms with van der Waals surface area (Å²) in [5.74, 6) is 0.577. The lowest BCUT2D eigenvalue weighted by atomic mass is 10.0. The second kappa shape index (κ2) is 10.4. The molecule has 0 aliphatic carbocycles. The van der Waals surface area contributed by atoms with E-state index in [0.29, 0.717) is 14.8 Å². The lowest BCUT2D eigenvalue weighted by Gasteiger charge is -2.37. The first-order chi connectivity index (χ1) is 16.8. The monoisotopic (exact) mass is 507 g/mol. The van der Waals surface area contributed by atoms with Crippen molar-refractivity contribution < 1.29 is 4.79 Å². The van der Waals surface area contributed by atoms with Gasteiger partial charge in [-0.3, -0.25) is 19.1 Å². The van der Waals surface area contributed by atoms with Crippen LogP contribution in [0.5, 0.6) is 0 Å². The second-order valence-electron chi connectivity index (χ2n) is 8.77. The number of aromatic nitrogens is 1. The average molecular weight is 508 g/mol. The fourth-order valence-electron chi connectivity index (χ4n) is 4.70. The molecule has 2 aromatic rings. The number of piperazine rings is 1.